The zero-order chi connectivity index (χ0) is 12.2. The van der Waals surface area contributed by atoms with Crippen LogP contribution in [-0.4, -0.2) is 4.98 Å². The third-order valence-corrected chi connectivity index (χ3v) is 5.53. The molecule has 0 amide bonds. The van der Waals surface area contributed by atoms with E-state index < -0.39 is 0 Å². The van der Waals surface area contributed by atoms with Gasteiger partial charge in [-0.25, -0.2) is 4.98 Å². The molecule has 0 radical (unpaired) electrons. The van der Waals surface area contributed by atoms with E-state index in [1.807, 2.05) is 11.3 Å². The van der Waals surface area contributed by atoms with E-state index in [4.69, 9.17) is 10.7 Å². The maximum atomic E-state index is 6.64. The summed E-state index contributed by atoms with van der Waals surface area (Å²) in [4.78, 5) is 6.30. The van der Waals surface area contributed by atoms with E-state index in [0.29, 0.717) is 0 Å². The molecule has 2 aromatic rings. The Morgan fingerprint density at radius 3 is 2.50 bits per heavy atom. The largest absolute Gasteiger partial charge is 0.319 e. The second-order valence-corrected chi connectivity index (χ2v) is 6.60. The van der Waals surface area contributed by atoms with Crippen molar-refractivity contribution >= 4 is 11.3 Å². The summed E-state index contributed by atoms with van der Waals surface area (Å²) in [5.74, 6) is 0. The SMILES string of the molecule is NC1(c2nc3c(s2)CCC3)Cc2ccccc2C1. The third kappa shape index (κ3) is 1.47. The minimum Gasteiger partial charge on any atom is -0.319 e. The molecule has 2 nitrogen and oxygen atoms in total. The summed E-state index contributed by atoms with van der Waals surface area (Å²) < 4.78 is 0. The smallest absolute Gasteiger partial charge is 0.114 e. The number of rotatable bonds is 1. The average Bonchev–Trinajstić information content (AvgIpc) is 2.98. The van der Waals surface area contributed by atoms with Crippen LogP contribution in [-0.2, 0) is 31.2 Å². The molecular weight excluding hydrogens is 240 g/mol. The van der Waals surface area contributed by atoms with Crippen molar-refractivity contribution in [3.05, 3.63) is 51.0 Å². The van der Waals surface area contributed by atoms with Crippen molar-refractivity contribution < 1.29 is 0 Å². The highest BCUT2D eigenvalue weighted by atomic mass is 32.1. The first-order valence-electron chi connectivity index (χ1n) is 6.59. The Kier molecular flexibility index (Phi) is 2.17. The first-order chi connectivity index (χ1) is 8.74. The number of nitrogens with zero attached hydrogens (tertiary/aromatic N) is 1. The van der Waals surface area contributed by atoms with Gasteiger partial charge in [-0.15, -0.1) is 11.3 Å². The van der Waals surface area contributed by atoms with Crippen molar-refractivity contribution in [2.45, 2.75) is 37.6 Å². The number of thiazole rings is 1. The van der Waals surface area contributed by atoms with Crippen LogP contribution in [0.15, 0.2) is 24.3 Å². The Morgan fingerprint density at radius 2 is 1.83 bits per heavy atom. The molecule has 1 aromatic carbocycles. The van der Waals surface area contributed by atoms with Crippen molar-refractivity contribution in [3.8, 4) is 0 Å². The standard InChI is InChI=1S/C15H16N2S/c16-15(8-10-4-1-2-5-11(10)9-15)14-17-12-6-3-7-13(12)18-14/h1-2,4-5H,3,6-9,16H2. The fourth-order valence-corrected chi connectivity index (χ4v) is 4.45. The van der Waals surface area contributed by atoms with E-state index in [9.17, 15) is 0 Å². The van der Waals surface area contributed by atoms with Crippen LogP contribution >= 0.6 is 11.3 Å². The summed E-state index contributed by atoms with van der Waals surface area (Å²) in [6.07, 6.45) is 5.50. The molecule has 0 atom stereocenters. The molecular formula is C15H16N2S. The van der Waals surface area contributed by atoms with Gasteiger partial charge in [-0.1, -0.05) is 24.3 Å². The lowest BCUT2D eigenvalue weighted by Crippen LogP contribution is -2.37. The van der Waals surface area contributed by atoms with Crippen molar-refractivity contribution in [1.29, 1.82) is 0 Å². The first-order valence-corrected chi connectivity index (χ1v) is 7.41. The minimum atomic E-state index is -0.251. The Morgan fingerprint density at radius 1 is 1.11 bits per heavy atom. The summed E-state index contributed by atoms with van der Waals surface area (Å²) in [5, 5.41) is 1.16. The number of hydrogen-bond donors (Lipinski definition) is 1. The molecule has 0 aliphatic heterocycles. The fraction of sp³-hybridized carbons (Fsp3) is 0.400. The lowest BCUT2D eigenvalue weighted by molar-refractivity contribution is 0.469. The maximum absolute atomic E-state index is 6.64. The monoisotopic (exact) mass is 256 g/mol. The predicted molar refractivity (Wildman–Crippen MR) is 73.9 cm³/mol. The van der Waals surface area contributed by atoms with Gasteiger partial charge in [0.05, 0.1) is 11.2 Å². The zero-order valence-corrected chi connectivity index (χ0v) is 11.1. The van der Waals surface area contributed by atoms with Crippen molar-refractivity contribution in [2.75, 3.05) is 0 Å². The second kappa shape index (κ2) is 3.65. The normalized spacial score (nSPS) is 19.8. The Labute approximate surface area is 111 Å². The fourth-order valence-electron chi connectivity index (χ4n) is 3.20. The number of hydrogen-bond acceptors (Lipinski definition) is 3. The molecule has 2 N–H and O–H groups in total. The summed E-state index contributed by atoms with van der Waals surface area (Å²) in [6, 6.07) is 8.61. The second-order valence-electron chi connectivity index (χ2n) is 5.52. The van der Waals surface area contributed by atoms with E-state index in [-0.39, 0.29) is 5.54 Å². The molecule has 92 valence electrons. The number of aryl methyl sites for hydroxylation is 2. The highest BCUT2D eigenvalue weighted by Gasteiger charge is 2.38. The quantitative estimate of drug-likeness (QED) is 0.851. The van der Waals surface area contributed by atoms with Crippen LogP contribution in [0, 0.1) is 0 Å². The lowest BCUT2D eigenvalue weighted by Gasteiger charge is -2.20. The topological polar surface area (TPSA) is 38.9 Å². The van der Waals surface area contributed by atoms with Crippen LogP contribution in [0.3, 0.4) is 0 Å². The van der Waals surface area contributed by atoms with Gasteiger partial charge in [0, 0.05) is 4.88 Å². The van der Waals surface area contributed by atoms with E-state index in [0.717, 1.165) is 24.3 Å². The van der Waals surface area contributed by atoms with Crippen LogP contribution in [0.4, 0.5) is 0 Å². The molecule has 2 aliphatic carbocycles. The third-order valence-electron chi connectivity index (χ3n) is 4.15. The van der Waals surface area contributed by atoms with Gasteiger partial charge in [-0.05, 0) is 43.2 Å². The number of nitrogens with two attached hydrogens (primary N) is 1. The molecule has 0 spiro atoms. The van der Waals surface area contributed by atoms with Gasteiger partial charge in [0.25, 0.3) is 0 Å². The Bertz CT molecular complexity index is 568. The van der Waals surface area contributed by atoms with Gasteiger partial charge in [-0.2, -0.15) is 0 Å². The molecule has 4 rings (SSSR count). The molecule has 2 aliphatic rings. The molecule has 18 heavy (non-hydrogen) atoms. The van der Waals surface area contributed by atoms with Gasteiger partial charge in [0.1, 0.15) is 5.01 Å². The molecule has 0 bridgehead atoms. The van der Waals surface area contributed by atoms with Crippen LogP contribution < -0.4 is 5.73 Å². The summed E-state index contributed by atoms with van der Waals surface area (Å²) in [7, 11) is 0. The number of aromatic nitrogens is 1. The highest BCUT2D eigenvalue weighted by Crippen LogP contribution is 2.39. The van der Waals surface area contributed by atoms with E-state index in [2.05, 4.69) is 24.3 Å². The molecule has 0 unspecified atom stereocenters. The minimum absolute atomic E-state index is 0.251. The van der Waals surface area contributed by atoms with Crippen LogP contribution in [0.1, 0.15) is 33.1 Å². The lowest BCUT2D eigenvalue weighted by atomic mass is 9.98. The average molecular weight is 256 g/mol. The van der Waals surface area contributed by atoms with Crippen molar-refractivity contribution in [3.63, 3.8) is 0 Å². The molecule has 1 aromatic heterocycles. The summed E-state index contributed by atoms with van der Waals surface area (Å²) in [5.41, 5.74) is 10.5. The molecule has 0 fully saturated rings. The van der Waals surface area contributed by atoms with Gasteiger partial charge in [-0.3, -0.25) is 0 Å². The number of benzene rings is 1. The first kappa shape index (κ1) is 10.7. The molecule has 1 heterocycles. The summed E-state index contributed by atoms with van der Waals surface area (Å²) >= 11 is 1.85. The number of fused-ring (bicyclic) bond motifs is 2. The van der Waals surface area contributed by atoms with E-state index in [1.54, 1.807) is 0 Å². The van der Waals surface area contributed by atoms with Gasteiger partial charge < -0.3 is 5.73 Å². The molecule has 0 saturated carbocycles. The highest BCUT2D eigenvalue weighted by molar-refractivity contribution is 7.12. The van der Waals surface area contributed by atoms with E-state index in [1.165, 1.54) is 34.5 Å². The molecule has 0 saturated heterocycles. The Hall–Kier alpha value is -1.19. The molecule has 3 heteroatoms. The maximum Gasteiger partial charge on any atom is 0.114 e. The van der Waals surface area contributed by atoms with Gasteiger partial charge in [0.2, 0.25) is 0 Å². The Balaban J connectivity index is 1.73. The van der Waals surface area contributed by atoms with Crippen LogP contribution in [0.25, 0.3) is 0 Å². The summed E-state index contributed by atoms with van der Waals surface area (Å²) in [6.45, 7) is 0. The van der Waals surface area contributed by atoms with Crippen molar-refractivity contribution in [2.24, 2.45) is 5.73 Å². The predicted octanol–water partition coefficient (Wildman–Crippen LogP) is 2.58. The van der Waals surface area contributed by atoms with Gasteiger partial charge in [0.15, 0.2) is 0 Å². The zero-order valence-electron chi connectivity index (χ0n) is 10.3. The van der Waals surface area contributed by atoms with Crippen molar-refractivity contribution in [1.82, 2.24) is 4.98 Å². The van der Waals surface area contributed by atoms with Gasteiger partial charge >= 0.3 is 0 Å². The van der Waals surface area contributed by atoms with Crippen LogP contribution in [0.2, 0.25) is 0 Å². The van der Waals surface area contributed by atoms with E-state index >= 15 is 0 Å². The van der Waals surface area contributed by atoms with Crippen LogP contribution in [0.5, 0.6) is 0 Å².